The summed E-state index contributed by atoms with van der Waals surface area (Å²) >= 11 is 12.2. The molecule has 1 fully saturated rings. The van der Waals surface area contributed by atoms with Gasteiger partial charge in [-0.25, -0.2) is 0 Å². The molecular weight excluding hydrogens is 464 g/mol. The van der Waals surface area contributed by atoms with Gasteiger partial charge in [-0.1, -0.05) is 35.9 Å². The number of nitrogens with one attached hydrogen (secondary N) is 1. The average molecular weight is 489 g/mol. The predicted octanol–water partition coefficient (Wildman–Crippen LogP) is 6.33. The molecule has 2 aromatic carbocycles. The fourth-order valence-electron chi connectivity index (χ4n) is 5.02. The van der Waals surface area contributed by atoms with E-state index >= 15 is 0 Å². The molecule has 0 radical (unpaired) electrons. The van der Waals surface area contributed by atoms with Crippen LogP contribution in [-0.2, 0) is 0 Å². The summed E-state index contributed by atoms with van der Waals surface area (Å²) in [6, 6.07) is 20.7. The predicted molar refractivity (Wildman–Crippen MR) is 141 cm³/mol. The minimum Gasteiger partial charge on any atom is -0.506 e. The average Bonchev–Trinajstić information content (AvgIpc) is 3.27. The van der Waals surface area contributed by atoms with E-state index in [0.717, 1.165) is 33.9 Å². The minimum absolute atomic E-state index is 0.180. The summed E-state index contributed by atoms with van der Waals surface area (Å²) < 4.78 is 2.23. The number of hydrogen-bond acceptors (Lipinski definition) is 3. The third-order valence-electron chi connectivity index (χ3n) is 6.61. The molecule has 2 N–H and O–H groups in total. The lowest BCUT2D eigenvalue weighted by Gasteiger charge is -2.29. The molecule has 1 aliphatic rings. The van der Waals surface area contributed by atoms with Gasteiger partial charge in [0.1, 0.15) is 5.75 Å². The van der Waals surface area contributed by atoms with Crippen LogP contribution < -0.4 is 10.2 Å². The van der Waals surface area contributed by atoms with Crippen LogP contribution in [0, 0.1) is 20.8 Å². The summed E-state index contributed by atoms with van der Waals surface area (Å²) in [4.78, 5) is 6.66. The van der Waals surface area contributed by atoms with Crippen LogP contribution in [-0.4, -0.2) is 19.8 Å². The first-order valence-corrected chi connectivity index (χ1v) is 11.9. The Morgan fingerprint density at radius 3 is 2.44 bits per heavy atom. The Balaban J connectivity index is 1.75. The van der Waals surface area contributed by atoms with E-state index in [1.54, 1.807) is 12.3 Å². The van der Waals surface area contributed by atoms with Crippen molar-refractivity contribution in [3.8, 4) is 11.4 Å². The number of anilines is 1. The van der Waals surface area contributed by atoms with Crippen LogP contribution in [0.25, 0.3) is 5.69 Å². The molecule has 0 saturated carbocycles. The van der Waals surface area contributed by atoms with Crippen LogP contribution in [0.4, 0.5) is 5.69 Å². The zero-order chi connectivity index (χ0) is 24.0. The van der Waals surface area contributed by atoms with Gasteiger partial charge in [0, 0.05) is 33.9 Å². The quantitative estimate of drug-likeness (QED) is 0.328. The molecule has 172 valence electrons. The van der Waals surface area contributed by atoms with Crippen molar-refractivity contribution in [2.45, 2.75) is 32.9 Å². The number of rotatable bonds is 4. The SMILES string of the molecule is Cc1c([C@H]2[C@H](c3ccccn3)NC(=S)N2c2ccccc2O)c(C)n(-c2cccc(Cl)c2)c1C. The van der Waals surface area contributed by atoms with Gasteiger partial charge in [-0.2, -0.15) is 0 Å². The van der Waals surface area contributed by atoms with E-state index in [4.69, 9.17) is 23.8 Å². The Morgan fingerprint density at radius 1 is 0.971 bits per heavy atom. The van der Waals surface area contributed by atoms with E-state index in [-0.39, 0.29) is 17.8 Å². The second kappa shape index (κ2) is 8.78. The molecule has 3 heterocycles. The second-order valence-electron chi connectivity index (χ2n) is 8.51. The van der Waals surface area contributed by atoms with Gasteiger partial charge < -0.3 is 19.9 Å². The second-order valence-corrected chi connectivity index (χ2v) is 9.33. The zero-order valence-electron chi connectivity index (χ0n) is 19.2. The topological polar surface area (TPSA) is 53.3 Å². The number of para-hydroxylation sites is 2. The van der Waals surface area contributed by atoms with Gasteiger partial charge in [-0.05, 0) is 81.0 Å². The third-order valence-corrected chi connectivity index (χ3v) is 7.16. The van der Waals surface area contributed by atoms with E-state index in [9.17, 15) is 5.11 Å². The maximum absolute atomic E-state index is 10.8. The number of phenolic OH excluding ortho intramolecular Hbond substituents is 1. The molecule has 1 saturated heterocycles. The molecule has 0 amide bonds. The standard InChI is InChI=1S/C27H25ClN4OS/c1-16-17(2)31(20-10-8-9-19(28)15-20)18(3)24(16)26-25(21-11-6-7-14-29-21)30-27(34)32(26)22-12-4-5-13-23(22)33/h4-15,25-26,33H,1-3H3,(H,30,34)/t25-,26-/m0/s1. The summed E-state index contributed by atoms with van der Waals surface area (Å²) in [5, 5.41) is 15.5. The van der Waals surface area contributed by atoms with Crippen molar-refractivity contribution in [1.82, 2.24) is 14.9 Å². The number of benzene rings is 2. The molecule has 1 aliphatic heterocycles. The van der Waals surface area contributed by atoms with Crippen LogP contribution in [0.2, 0.25) is 5.02 Å². The summed E-state index contributed by atoms with van der Waals surface area (Å²) in [6.45, 7) is 6.38. The molecule has 5 rings (SSSR count). The van der Waals surface area contributed by atoms with Crippen molar-refractivity contribution >= 4 is 34.6 Å². The number of aromatic hydroxyl groups is 1. The largest absolute Gasteiger partial charge is 0.506 e. The van der Waals surface area contributed by atoms with Gasteiger partial charge in [-0.3, -0.25) is 4.98 Å². The highest BCUT2D eigenvalue weighted by Gasteiger charge is 2.44. The fraction of sp³-hybridized carbons (Fsp3) is 0.185. The molecule has 0 bridgehead atoms. The molecule has 0 aliphatic carbocycles. The van der Waals surface area contributed by atoms with Gasteiger partial charge in [0.25, 0.3) is 0 Å². The molecule has 5 nitrogen and oxygen atoms in total. The number of aromatic nitrogens is 2. The highest BCUT2D eigenvalue weighted by atomic mass is 35.5. The number of halogens is 1. The molecule has 0 unspecified atom stereocenters. The summed E-state index contributed by atoms with van der Waals surface area (Å²) in [6.07, 6.45) is 1.79. The van der Waals surface area contributed by atoms with Crippen molar-refractivity contribution in [3.05, 3.63) is 106 Å². The first-order valence-electron chi connectivity index (χ1n) is 11.1. The van der Waals surface area contributed by atoms with Crippen molar-refractivity contribution in [1.29, 1.82) is 0 Å². The van der Waals surface area contributed by atoms with Crippen LogP contribution in [0.3, 0.4) is 0 Å². The van der Waals surface area contributed by atoms with E-state index in [1.165, 1.54) is 0 Å². The van der Waals surface area contributed by atoms with Gasteiger partial charge in [0.15, 0.2) is 5.11 Å². The van der Waals surface area contributed by atoms with Crippen LogP contribution in [0.15, 0.2) is 72.9 Å². The van der Waals surface area contributed by atoms with E-state index < -0.39 is 0 Å². The highest BCUT2D eigenvalue weighted by Crippen LogP contribution is 2.47. The van der Waals surface area contributed by atoms with E-state index in [2.05, 4.69) is 41.7 Å². The van der Waals surface area contributed by atoms with Crippen molar-refractivity contribution in [2.24, 2.45) is 0 Å². The highest BCUT2D eigenvalue weighted by molar-refractivity contribution is 7.80. The zero-order valence-corrected chi connectivity index (χ0v) is 20.7. The molecule has 34 heavy (non-hydrogen) atoms. The third kappa shape index (κ3) is 3.63. The first-order chi connectivity index (χ1) is 16.4. The van der Waals surface area contributed by atoms with Gasteiger partial charge >= 0.3 is 0 Å². The molecule has 2 aromatic heterocycles. The number of thiocarbonyl (C=S) groups is 1. The Hall–Kier alpha value is -3.35. The van der Waals surface area contributed by atoms with Crippen LogP contribution in [0.1, 0.15) is 40.3 Å². The van der Waals surface area contributed by atoms with Crippen molar-refractivity contribution in [3.63, 3.8) is 0 Å². The van der Waals surface area contributed by atoms with Crippen LogP contribution in [0.5, 0.6) is 5.75 Å². The lowest BCUT2D eigenvalue weighted by Crippen LogP contribution is -2.29. The van der Waals surface area contributed by atoms with Gasteiger partial charge in [0.05, 0.1) is 23.5 Å². The minimum atomic E-state index is -0.213. The maximum atomic E-state index is 10.8. The van der Waals surface area contributed by atoms with E-state index in [1.807, 2.05) is 59.5 Å². The summed E-state index contributed by atoms with van der Waals surface area (Å²) in [5.41, 5.74) is 7.09. The molecule has 0 spiro atoms. The lowest BCUT2D eigenvalue weighted by molar-refractivity contribution is 0.472. The lowest BCUT2D eigenvalue weighted by atomic mass is 9.93. The summed E-state index contributed by atoms with van der Waals surface area (Å²) in [7, 11) is 0. The Bertz CT molecular complexity index is 1380. The van der Waals surface area contributed by atoms with Crippen LogP contribution >= 0.6 is 23.8 Å². The Morgan fingerprint density at radius 2 is 1.74 bits per heavy atom. The number of phenols is 1. The molecular formula is C27H25ClN4OS. The summed E-state index contributed by atoms with van der Waals surface area (Å²) in [5.74, 6) is 0.180. The molecule has 7 heteroatoms. The Labute approximate surface area is 209 Å². The normalized spacial score (nSPS) is 17.8. The Kier molecular flexibility index (Phi) is 5.80. The number of hydrogen-bond donors (Lipinski definition) is 2. The number of pyridine rings is 1. The molecule has 2 atom stereocenters. The smallest absolute Gasteiger partial charge is 0.174 e. The first kappa shape index (κ1) is 22.4. The van der Waals surface area contributed by atoms with Crippen molar-refractivity contribution < 1.29 is 5.11 Å². The fourth-order valence-corrected chi connectivity index (χ4v) is 5.54. The van der Waals surface area contributed by atoms with Crippen molar-refractivity contribution in [2.75, 3.05) is 4.90 Å². The maximum Gasteiger partial charge on any atom is 0.174 e. The molecule has 4 aromatic rings. The van der Waals surface area contributed by atoms with Gasteiger partial charge in [-0.15, -0.1) is 0 Å². The monoisotopic (exact) mass is 488 g/mol. The van der Waals surface area contributed by atoms with E-state index in [0.29, 0.717) is 15.8 Å². The van der Waals surface area contributed by atoms with Gasteiger partial charge in [0.2, 0.25) is 0 Å². The number of nitrogens with zero attached hydrogens (tertiary/aromatic N) is 3.